The molecule has 10 nitrogen and oxygen atoms in total. The molecule has 9 rings (SSSR count). The van der Waals surface area contributed by atoms with Crippen molar-refractivity contribution in [1.29, 1.82) is 0 Å². The topological polar surface area (TPSA) is 145 Å². The van der Waals surface area contributed by atoms with Crippen LogP contribution < -0.4 is 16.0 Å². The zero-order valence-electron chi connectivity index (χ0n) is 50.5. The first-order chi connectivity index (χ1) is 41.9. The minimum absolute atomic E-state index is 0.0647. The predicted molar refractivity (Wildman–Crippen MR) is 355 cm³/mol. The molecule has 0 aliphatic carbocycles. The quantitative estimate of drug-likeness (QED) is 0.0260. The Balaban J connectivity index is 0.966. The Labute approximate surface area is 504 Å². The van der Waals surface area contributed by atoms with E-state index in [0.717, 1.165) is 127 Å². The third kappa shape index (κ3) is 17.7. The van der Waals surface area contributed by atoms with Crippen LogP contribution in [0, 0.1) is 0 Å². The van der Waals surface area contributed by atoms with Crippen molar-refractivity contribution in [3.8, 4) is 44.5 Å². The van der Waals surface area contributed by atoms with Crippen LogP contribution in [-0.2, 0) is 20.8 Å². The van der Waals surface area contributed by atoms with Crippen molar-refractivity contribution in [2.45, 2.75) is 168 Å². The molecule has 7 aromatic rings. The average molecular weight is 1140 g/mol. The van der Waals surface area contributed by atoms with Gasteiger partial charge in [-0.25, -0.2) is 9.97 Å². The van der Waals surface area contributed by atoms with Gasteiger partial charge in [-0.05, 0) is 95.6 Å². The molecule has 0 spiro atoms. The summed E-state index contributed by atoms with van der Waals surface area (Å²) in [5.74, 6) is -0.610. The van der Waals surface area contributed by atoms with Crippen LogP contribution in [0.25, 0.3) is 90.9 Å². The van der Waals surface area contributed by atoms with Gasteiger partial charge in [-0.3, -0.25) is 14.4 Å². The SMILES string of the molecule is CCCCCCCCCCCCNC(=O)CC[C@H](NC(=O)Cc1ccc(-c2c3nc(c(-c4ccccc4)c4ccc([nH]4)c(-c4ccccc4)c4nc(c(-c5ccccc5)c5ccc2[nH]5)C=C4)C=C3)cc1)C(=O)NCCCCCCCCCCCC. The van der Waals surface area contributed by atoms with Gasteiger partial charge in [0.15, 0.2) is 0 Å². The van der Waals surface area contributed by atoms with Crippen LogP contribution in [0.4, 0.5) is 0 Å². The molecule has 85 heavy (non-hydrogen) atoms. The first-order valence-electron chi connectivity index (χ1n) is 32.1. The van der Waals surface area contributed by atoms with E-state index in [-0.39, 0.29) is 37.0 Å². The second-order valence-corrected chi connectivity index (χ2v) is 23.1. The van der Waals surface area contributed by atoms with Crippen LogP contribution in [0.5, 0.6) is 0 Å². The van der Waals surface area contributed by atoms with E-state index >= 15 is 0 Å². The second-order valence-electron chi connectivity index (χ2n) is 23.1. The van der Waals surface area contributed by atoms with Gasteiger partial charge in [-0.15, -0.1) is 0 Å². The first-order valence-corrected chi connectivity index (χ1v) is 32.1. The number of nitrogens with zero attached hydrogens (tertiary/aromatic N) is 2. The Morgan fingerprint density at radius 3 is 1.11 bits per heavy atom. The Morgan fingerprint density at radius 2 is 0.729 bits per heavy atom. The van der Waals surface area contributed by atoms with E-state index in [9.17, 15) is 14.4 Å². The van der Waals surface area contributed by atoms with E-state index in [0.29, 0.717) is 13.1 Å². The fraction of sp³-hybridized carbons (Fsp3) is 0.373. The van der Waals surface area contributed by atoms with E-state index in [1.807, 2.05) is 42.5 Å². The van der Waals surface area contributed by atoms with Crippen molar-refractivity contribution in [3.05, 3.63) is 168 Å². The predicted octanol–water partition coefficient (Wildman–Crippen LogP) is 18.2. The second kappa shape index (κ2) is 32.8. The summed E-state index contributed by atoms with van der Waals surface area (Å²) in [6.07, 6.45) is 33.2. The maximum absolute atomic E-state index is 14.0. The molecule has 0 saturated carbocycles. The lowest BCUT2D eigenvalue weighted by atomic mass is 10.0. The van der Waals surface area contributed by atoms with Gasteiger partial charge in [0.1, 0.15) is 6.04 Å². The summed E-state index contributed by atoms with van der Waals surface area (Å²) < 4.78 is 0. The number of amides is 3. The number of fused-ring (bicyclic) bond motifs is 8. The number of hydrogen-bond donors (Lipinski definition) is 5. The number of unbranched alkanes of at least 4 members (excludes halogenated alkanes) is 18. The third-order valence-electron chi connectivity index (χ3n) is 16.5. The van der Waals surface area contributed by atoms with Crippen LogP contribution >= 0.6 is 0 Å². The summed E-state index contributed by atoms with van der Waals surface area (Å²) in [6, 6.07) is 47.0. The van der Waals surface area contributed by atoms with Crippen LogP contribution in [0.2, 0.25) is 0 Å². The lowest BCUT2D eigenvalue weighted by Gasteiger charge is -2.19. The first kappa shape index (κ1) is 61.5. The fourth-order valence-corrected chi connectivity index (χ4v) is 11.9. The Bertz CT molecular complexity index is 3450. The molecule has 5 heterocycles. The van der Waals surface area contributed by atoms with Gasteiger partial charge in [0.05, 0.1) is 29.2 Å². The van der Waals surface area contributed by atoms with Crippen LogP contribution in [-0.4, -0.2) is 56.8 Å². The Kier molecular flexibility index (Phi) is 23.7. The molecule has 0 fully saturated rings. The average Bonchev–Trinajstić information content (AvgIpc) is 2.44. The molecule has 3 aromatic heterocycles. The van der Waals surface area contributed by atoms with Gasteiger partial charge in [-0.1, -0.05) is 245 Å². The normalized spacial score (nSPS) is 12.1. The summed E-state index contributed by atoms with van der Waals surface area (Å²) in [5, 5.41) is 9.22. The summed E-state index contributed by atoms with van der Waals surface area (Å²) >= 11 is 0. The van der Waals surface area contributed by atoms with Crippen molar-refractivity contribution < 1.29 is 14.4 Å². The lowest BCUT2D eigenvalue weighted by Crippen LogP contribution is -2.48. The zero-order chi connectivity index (χ0) is 58.8. The van der Waals surface area contributed by atoms with Crippen LogP contribution in [0.1, 0.15) is 183 Å². The number of aromatic amines is 2. The molecule has 3 amide bonds. The van der Waals surface area contributed by atoms with E-state index in [1.165, 1.54) is 96.3 Å². The number of carbonyl (C=O) groups is 3. The van der Waals surface area contributed by atoms with Crippen molar-refractivity contribution in [1.82, 2.24) is 35.9 Å². The molecular formula is C75H89N7O3. The highest BCUT2D eigenvalue weighted by atomic mass is 16.2. The summed E-state index contributed by atoms with van der Waals surface area (Å²) in [7, 11) is 0. The molecule has 442 valence electrons. The van der Waals surface area contributed by atoms with E-state index < -0.39 is 6.04 Å². The van der Waals surface area contributed by atoms with Gasteiger partial charge in [0, 0.05) is 63.8 Å². The largest absolute Gasteiger partial charge is 0.356 e. The Morgan fingerprint density at radius 1 is 0.388 bits per heavy atom. The molecule has 4 aromatic carbocycles. The van der Waals surface area contributed by atoms with Crippen molar-refractivity contribution >= 4 is 64.1 Å². The van der Waals surface area contributed by atoms with Gasteiger partial charge in [0.2, 0.25) is 17.7 Å². The standard InChI is InChI=1S/C75H89N7O3/c1-3-5-7-9-11-13-15-17-19-30-52-76-69(83)51-50-68(75(85)77-53-31-20-18-16-14-12-10-8-6-4-2)82-70(84)54-55-38-40-59(41-39-55)74-66-48-46-64(80-66)72(57-34-26-22-27-35-57)62-44-42-60(78-62)71(56-32-24-21-25-33-56)61-43-45-63(79-61)73(58-36-28-23-29-37-58)65-47-49-67(74)81-65/h21-29,32-49,68,78,81H,3-20,30-31,50-54H2,1-2H3,(H,76,83)(H,77,85)(H,82,84)/t68-/m0/s1. The number of H-pyrrole nitrogens is 2. The van der Waals surface area contributed by atoms with Gasteiger partial charge in [0.25, 0.3) is 0 Å². The highest BCUT2D eigenvalue weighted by molar-refractivity contribution is 6.00. The third-order valence-corrected chi connectivity index (χ3v) is 16.5. The number of hydrogen-bond acceptors (Lipinski definition) is 5. The monoisotopic (exact) mass is 1140 g/mol. The smallest absolute Gasteiger partial charge is 0.242 e. The minimum Gasteiger partial charge on any atom is -0.356 e. The molecule has 0 saturated heterocycles. The molecule has 8 bridgehead atoms. The molecule has 10 heteroatoms. The highest BCUT2D eigenvalue weighted by Gasteiger charge is 2.23. The molecule has 1 atom stereocenters. The van der Waals surface area contributed by atoms with Crippen molar-refractivity contribution in [2.24, 2.45) is 0 Å². The molecule has 0 radical (unpaired) electrons. The van der Waals surface area contributed by atoms with E-state index in [2.05, 4.69) is 161 Å². The molecule has 0 unspecified atom stereocenters. The van der Waals surface area contributed by atoms with Crippen LogP contribution in [0.3, 0.4) is 0 Å². The summed E-state index contributed by atoms with van der Waals surface area (Å²) in [6.45, 7) is 5.67. The van der Waals surface area contributed by atoms with E-state index in [1.54, 1.807) is 0 Å². The molecule has 2 aliphatic rings. The summed E-state index contributed by atoms with van der Waals surface area (Å²) in [5.41, 5.74) is 15.6. The highest BCUT2D eigenvalue weighted by Crippen LogP contribution is 2.38. The van der Waals surface area contributed by atoms with Crippen molar-refractivity contribution in [3.63, 3.8) is 0 Å². The number of carbonyl (C=O) groups excluding carboxylic acids is 3. The van der Waals surface area contributed by atoms with Gasteiger partial charge >= 0.3 is 0 Å². The van der Waals surface area contributed by atoms with Crippen molar-refractivity contribution in [2.75, 3.05) is 13.1 Å². The molecule has 5 N–H and O–H groups in total. The number of nitrogens with one attached hydrogen (secondary N) is 5. The van der Waals surface area contributed by atoms with Crippen LogP contribution in [0.15, 0.2) is 140 Å². The number of aromatic nitrogens is 4. The maximum atomic E-state index is 14.0. The number of benzene rings is 4. The fourth-order valence-electron chi connectivity index (χ4n) is 11.9. The lowest BCUT2D eigenvalue weighted by molar-refractivity contribution is -0.129. The van der Waals surface area contributed by atoms with Gasteiger partial charge in [-0.2, -0.15) is 0 Å². The number of rotatable bonds is 33. The Hall–Kier alpha value is -8.11. The summed E-state index contributed by atoms with van der Waals surface area (Å²) in [4.78, 5) is 59.6. The minimum atomic E-state index is -0.835. The van der Waals surface area contributed by atoms with E-state index in [4.69, 9.17) is 9.97 Å². The molecule has 2 aliphatic heterocycles. The maximum Gasteiger partial charge on any atom is 0.242 e. The molecular weight excluding hydrogens is 1050 g/mol. The zero-order valence-corrected chi connectivity index (χ0v) is 50.5. The van der Waals surface area contributed by atoms with Gasteiger partial charge < -0.3 is 25.9 Å².